The van der Waals surface area contributed by atoms with Gasteiger partial charge < -0.3 is 15.0 Å². The SMILES string of the molecule is CC(C)Oc1ccc(C(=O)[C@H]2[C@@H](C(=O)c3cccc([N+](=O)[O-])c3)[C@]3(C(=O)Nc4ccccc43)[C@H]3c4ccccc4C=CN23)cc1. The number of Topliss-reactive ketones (excluding diaryl/α,β-unsaturated/α-hetero) is 2. The van der Waals surface area contributed by atoms with Crippen molar-refractivity contribution in [2.75, 3.05) is 5.32 Å². The number of nitro benzene ring substituents is 1. The summed E-state index contributed by atoms with van der Waals surface area (Å²) in [4.78, 5) is 57.1. The van der Waals surface area contributed by atoms with E-state index in [-0.39, 0.29) is 23.1 Å². The van der Waals surface area contributed by atoms with E-state index in [0.717, 1.165) is 11.1 Å². The molecule has 0 aromatic heterocycles. The monoisotopic (exact) mass is 599 g/mol. The van der Waals surface area contributed by atoms with Gasteiger partial charge in [0.2, 0.25) is 5.91 Å². The summed E-state index contributed by atoms with van der Waals surface area (Å²) in [5.74, 6) is -1.91. The lowest BCUT2D eigenvalue weighted by Gasteiger charge is -2.38. The molecule has 1 fully saturated rings. The van der Waals surface area contributed by atoms with E-state index in [1.165, 1.54) is 24.3 Å². The molecule has 7 rings (SSSR count). The van der Waals surface area contributed by atoms with Gasteiger partial charge in [0.1, 0.15) is 17.2 Å². The Balaban J connectivity index is 1.48. The molecule has 1 saturated heterocycles. The zero-order valence-electron chi connectivity index (χ0n) is 24.5. The number of non-ortho nitro benzene ring substituents is 1. The Labute approximate surface area is 259 Å². The molecule has 1 N–H and O–H groups in total. The Bertz CT molecular complexity index is 1920. The smallest absolute Gasteiger partial charge is 0.270 e. The first-order valence-corrected chi connectivity index (χ1v) is 14.8. The van der Waals surface area contributed by atoms with Gasteiger partial charge in [-0.3, -0.25) is 24.5 Å². The molecule has 0 saturated carbocycles. The first-order chi connectivity index (χ1) is 21.7. The minimum Gasteiger partial charge on any atom is -0.491 e. The van der Waals surface area contributed by atoms with E-state index < -0.39 is 40.0 Å². The molecular weight excluding hydrogens is 570 g/mol. The van der Waals surface area contributed by atoms with Crippen molar-refractivity contribution in [1.82, 2.24) is 4.90 Å². The van der Waals surface area contributed by atoms with Crippen molar-refractivity contribution >= 4 is 34.9 Å². The Morgan fingerprint density at radius 1 is 0.911 bits per heavy atom. The van der Waals surface area contributed by atoms with Crippen molar-refractivity contribution in [2.24, 2.45) is 5.92 Å². The summed E-state index contributed by atoms with van der Waals surface area (Å²) in [6, 6.07) is 25.3. The molecule has 4 aromatic rings. The maximum atomic E-state index is 14.9. The number of ketones is 2. The van der Waals surface area contributed by atoms with Crippen LogP contribution in [0.25, 0.3) is 6.08 Å². The average molecular weight is 600 g/mol. The van der Waals surface area contributed by atoms with E-state index >= 15 is 0 Å². The summed E-state index contributed by atoms with van der Waals surface area (Å²) in [5.41, 5.74) is 1.48. The topological polar surface area (TPSA) is 119 Å². The molecular formula is C36H29N3O6. The van der Waals surface area contributed by atoms with E-state index in [4.69, 9.17) is 4.74 Å². The van der Waals surface area contributed by atoms with Crippen LogP contribution in [0.15, 0.2) is 103 Å². The number of nitrogens with zero attached hydrogens (tertiary/aromatic N) is 2. The molecule has 1 spiro atoms. The molecule has 3 aliphatic rings. The van der Waals surface area contributed by atoms with Crippen LogP contribution in [0, 0.1) is 16.0 Å². The van der Waals surface area contributed by atoms with E-state index in [1.807, 2.05) is 61.2 Å². The van der Waals surface area contributed by atoms with Gasteiger partial charge in [0.05, 0.1) is 23.0 Å². The fourth-order valence-electron chi connectivity index (χ4n) is 7.26. The molecule has 224 valence electrons. The molecule has 0 bridgehead atoms. The minimum atomic E-state index is -1.53. The average Bonchev–Trinajstić information content (AvgIpc) is 3.52. The van der Waals surface area contributed by atoms with E-state index in [9.17, 15) is 24.5 Å². The van der Waals surface area contributed by atoms with Crippen LogP contribution in [0.4, 0.5) is 11.4 Å². The number of nitro groups is 1. The van der Waals surface area contributed by atoms with Gasteiger partial charge >= 0.3 is 0 Å². The van der Waals surface area contributed by atoms with Gasteiger partial charge in [0.25, 0.3) is 5.69 Å². The Morgan fingerprint density at radius 2 is 1.64 bits per heavy atom. The van der Waals surface area contributed by atoms with Crippen LogP contribution in [0.5, 0.6) is 5.75 Å². The molecule has 9 heteroatoms. The number of hydrogen-bond acceptors (Lipinski definition) is 7. The molecule has 4 aromatic carbocycles. The first-order valence-electron chi connectivity index (χ1n) is 14.8. The largest absolute Gasteiger partial charge is 0.491 e. The van der Waals surface area contributed by atoms with Gasteiger partial charge in [-0.2, -0.15) is 0 Å². The molecule has 9 nitrogen and oxygen atoms in total. The van der Waals surface area contributed by atoms with Crippen molar-refractivity contribution < 1.29 is 24.0 Å². The number of benzene rings is 4. The fraction of sp³-hybridized carbons (Fsp3) is 0.194. The second-order valence-electron chi connectivity index (χ2n) is 11.8. The number of rotatable bonds is 7. The predicted molar refractivity (Wildman–Crippen MR) is 168 cm³/mol. The third kappa shape index (κ3) is 4.26. The van der Waals surface area contributed by atoms with Gasteiger partial charge in [-0.1, -0.05) is 54.6 Å². The summed E-state index contributed by atoms with van der Waals surface area (Å²) < 4.78 is 5.78. The second-order valence-corrected chi connectivity index (χ2v) is 11.8. The number of carbonyl (C=O) groups excluding carboxylic acids is 3. The maximum Gasteiger partial charge on any atom is 0.270 e. The van der Waals surface area contributed by atoms with Crippen LogP contribution in [0.3, 0.4) is 0 Å². The van der Waals surface area contributed by atoms with Gasteiger partial charge in [0, 0.05) is 35.1 Å². The summed E-state index contributed by atoms with van der Waals surface area (Å²) in [7, 11) is 0. The summed E-state index contributed by atoms with van der Waals surface area (Å²) in [5, 5.41) is 14.7. The number of para-hydroxylation sites is 1. The number of hydrogen-bond donors (Lipinski definition) is 1. The lowest BCUT2D eigenvalue weighted by atomic mass is 9.62. The lowest BCUT2D eigenvalue weighted by molar-refractivity contribution is -0.384. The molecule has 3 aliphatic heterocycles. The van der Waals surface area contributed by atoms with Crippen LogP contribution in [-0.2, 0) is 10.2 Å². The van der Waals surface area contributed by atoms with Crippen LogP contribution < -0.4 is 10.1 Å². The minimum absolute atomic E-state index is 0.0568. The van der Waals surface area contributed by atoms with Gasteiger partial charge in [-0.05, 0) is 66.9 Å². The molecule has 3 heterocycles. The Kier molecular flexibility index (Phi) is 6.62. The van der Waals surface area contributed by atoms with Gasteiger partial charge in [0.15, 0.2) is 11.6 Å². The van der Waals surface area contributed by atoms with Crippen molar-refractivity contribution in [1.29, 1.82) is 0 Å². The molecule has 0 aliphatic carbocycles. The number of amides is 1. The maximum absolute atomic E-state index is 14.9. The third-order valence-electron chi connectivity index (χ3n) is 8.97. The van der Waals surface area contributed by atoms with Crippen LogP contribution in [0.2, 0.25) is 0 Å². The highest BCUT2D eigenvalue weighted by atomic mass is 16.6. The van der Waals surface area contributed by atoms with E-state index in [2.05, 4.69) is 5.32 Å². The predicted octanol–water partition coefficient (Wildman–Crippen LogP) is 6.36. The lowest BCUT2D eigenvalue weighted by Crippen LogP contribution is -2.49. The zero-order valence-corrected chi connectivity index (χ0v) is 24.5. The zero-order chi connectivity index (χ0) is 31.5. The van der Waals surface area contributed by atoms with Crippen molar-refractivity contribution in [2.45, 2.75) is 37.5 Å². The number of fused-ring (bicyclic) bond motifs is 6. The van der Waals surface area contributed by atoms with E-state index in [1.54, 1.807) is 42.6 Å². The van der Waals surface area contributed by atoms with Gasteiger partial charge in [-0.25, -0.2) is 0 Å². The third-order valence-corrected chi connectivity index (χ3v) is 8.97. The summed E-state index contributed by atoms with van der Waals surface area (Å²) in [6.45, 7) is 3.82. The number of nitrogens with one attached hydrogen (secondary N) is 1. The Morgan fingerprint density at radius 3 is 2.40 bits per heavy atom. The van der Waals surface area contributed by atoms with Crippen LogP contribution >= 0.6 is 0 Å². The first kappa shape index (κ1) is 28.2. The molecule has 0 unspecified atom stereocenters. The quantitative estimate of drug-likeness (QED) is 0.149. The number of anilines is 1. The molecule has 0 radical (unpaired) electrons. The normalized spacial score (nSPS) is 22.5. The second kappa shape index (κ2) is 10.6. The molecule has 45 heavy (non-hydrogen) atoms. The summed E-state index contributed by atoms with van der Waals surface area (Å²) >= 11 is 0. The Hall–Kier alpha value is -5.57. The van der Waals surface area contributed by atoms with Crippen molar-refractivity contribution in [3.8, 4) is 5.75 Å². The van der Waals surface area contributed by atoms with Crippen LogP contribution in [0.1, 0.15) is 57.3 Å². The fourth-order valence-corrected chi connectivity index (χ4v) is 7.26. The highest BCUT2D eigenvalue weighted by molar-refractivity contribution is 6.16. The number of carbonyl (C=O) groups is 3. The summed E-state index contributed by atoms with van der Waals surface area (Å²) in [6.07, 6.45) is 3.62. The highest BCUT2D eigenvalue weighted by Crippen LogP contribution is 2.62. The highest BCUT2D eigenvalue weighted by Gasteiger charge is 2.70. The van der Waals surface area contributed by atoms with Crippen LogP contribution in [-0.4, -0.2) is 39.4 Å². The van der Waals surface area contributed by atoms with E-state index in [0.29, 0.717) is 22.6 Å². The molecule has 1 amide bonds. The van der Waals surface area contributed by atoms with Crippen molar-refractivity contribution in [3.63, 3.8) is 0 Å². The standard InChI is InChI=1S/C36H29N3O6/c1-21(2)45-26-16-14-23(15-17-26)33(41)31-30(32(40)24-9-7-10-25(20-24)39(43)44)36(28-12-5-6-13-29(28)37-35(36)42)34-27-11-4-3-8-22(27)18-19-38(31)34/h3-21,30-31,34H,1-2H3,(H,37,42)/t30-,31+,34+,36-/m0/s1. The van der Waals surface area contributed by atoms with Crippen molar-refractivity contribution in [3.05, 3.63) is 141 Å². The molecule has 4 atom stereocenters. The number of ether oxygens (including phenoxy) is 1. The van der Waals surface area contributed by atoms with Gasteiger partial charge in [-0.15, -0.1) is 0 Å².